The molecular formula is C24H34FN3O2. The van der Waals surface area contributed by atoms with E-state index in [1.165, 1.54) is 6.07 Å². The highest BCUT2D eigenvalue weighted by Crippen LogP contribution is 2.21. The lowest BCUT2D eigenvalue weighted by molar-refractivity contribution is 0.0949. The Bertz CT molecular complexity index is 820. The number of carbonyl (C=O) groups excluding carboxylic acids is 1. The summed E-state index contributed by atoms with van der Waals surface area (Å²) in [4.78, 5) is 16.9. The van der Waals surface area contributed by atoms with Gasteiger partial charge in [0.1, 0.15) is 5.82 Å². The summed E-state index contributed by atoms with van der Waals surface area (Å²) < 4.78 is 13.8. The molecule has 0 saturated heterocycles. The second kappa shape index (κ2) is 11.2. The molecule has 0 aliphatic rings. The van der Waals surface area contributed by atoms with Crippen molar-refractivity contribution in [1.82, 2.24) is 10.3 Å². The molecule has 0 bridgehead atoms. The molecule has 1 amide bonds. The zero-order chi connectivity index (χ0) is 22.1. The van der Waals surface area contributed by atoms with Crippen molar-refractivity contribution in [3.63, 3.8) is 0 Å². The Morgan fingerprint density at radius 1 is 1.17 bits per heavy atom. The van der Waals surface area contributed by atoms with Crippen LogP contribution in [-0.4, -0.2) is 34.7 Å². The Morgan fingerprint density at radius 2 is 1.90 bits per heavy atom. The standard InChI is InChI=1S/C24H34FN3O2/c1-24(2,3)12-6-7-13-28-23(30)18-10-8-14-27-21(18)16-22(29)20(26)15-17-9-4-5-11-19(17)25/h4-5,8-11,14,20,22,29H,6-7,12-13,15-16,26H2,1-3H3,(H,28,30). The first kappa shape index (κ1) is 24.0. The maximum Gasteiger partial charge on any atom is 0.253 e. The Labute approximate surface area is 178 Å². The predicted molar refractivity (Wildman–Crippen MR) is 118 cm³/mol. The van der Waals surface area contributed by atoms with Crippen LogP contribution in [0.5, 0.6) is 0 Å². The van der Waals surface area contributed by atoms with Crippen LogP contribution < -0.4 is 11.1 Å². The number of aromatic nitrogens is 1. The van der Waals surface area contributed by atoms with Gasteiger partial charge in [0.15, 0.2) is 0 Å². The molecule has 2 atom stereocenters. The van der Waals surface area contributed by atoms with E-state index in [0.29, 0.717) is 23.4 Å². The van der Waals surface area contributed by atoms with E-state index >= 15 is 0 Å². The zero-order valence-corrected chi connectivity index (χ0v) is 18.2. The van der Waals surface area contributed by atoms with Crippen LogP contribution in [-0.2, 0) is 12.8 Å². The molecule has 1 heterocycles. The van der Waals surface area contributed by atoms with Gasteiger partial charge in [-0.25, -0.2) is 4.39 Å². The molecule has 0 aliphatic heterocycles. The molecule has 0 radical (unpaired) electrons. The number of pyridine rings is 1. The van der Waals surface area contributed by atoms with E-state index < -0.39 is 12.1 Å². The molecule has 2 unspecified atom stereocenters. The molecule has 4 N–H and O–H groups in total. The van der Waals surface area contributed by atoms with Gasteiger partial charge < -0.3 is 16.2 Å². The van der Waals surface area contributed by atoms with Gasteiger partial charge >= 0.3 is 0 Å². The summed E-state index contributed by atoms with van der Waals surface area (Å²) in [5.74, 6) is -0.548. The van der Waals surface area contributed by atoms with E-state index in [2.05, 4.69) is 31.1 Å². The van der Waals surface area contributed by atoms with Crippen molar-refractivity contribution in [2.75, 3.05) is 6.54 Å². The number of hydrogen-bond acceptors (Lipinski definition) is 4. The van der Waals surface area contributed by atoms with E-state index in [1.54, 1.807) is 36.5 Å². The number of carbonyl (C=O) groups is 1. The van der Waals surface area contributed by atoms with Gasteiger partial charge in [-0.1, -0.05) is 45.4 Å². The number of amides is 1. The van der Waals surface area contributed by atoms with Crippen LogP contribution in [0.1, 0.15) is 61.6 Å². The fourth-order valence-electron chi connectivity index (χ4n) is 3.29. The third-order valence-corrected chi connectivity index (χ3v) is 5.08. The average molecular weight is 416 g/mol. The number of nitrogens with one attached hydrogen (secondary N) is 1. The summed E-state index contributed by atoms with van der Waals surface area (Å²) in [5.41, 5.74) is 7.77. The first-order valence-electron chi connectivity index (χ1n) is 10.6. The van der Waals surface area contributed by atoms with Crippen molar-refractivity contribution in [1.29, 1.82) is 0 Å². The average Bonchev–Trinajstić information content (AvgIpc) is 2.68. The van der Waals surface area contributed by atoms with Gasteiger partial charge in [0.2, 0.25) is 0 Å². The number of aliphatic hydroxyl groups is 1. The smallest absolute Gasteiger partial charge is 0.253 e. The van der Waals surface area contributed by atoms with Crippen molar-refractivity contribution in [2.45, 2.75) is 65.0 Å². The fourth-order valence-corrected chi connectivity index (χ4v) is 3.29. The zero-order valence-electron chi connectivity index (χ0n) is 18.2. The van der Waals surface area contributed by atoms with Crippen LogP contribution in [0.15, 0.2) is 42.6 Å². The lowest BCUT2D eigenvalue weighted by Gasteiger charge is -2.20. The van der Waals surface area contributed by atoms with Gasteiger partial charge in [-0.2, -0.15) is 0 Å². The van der Waals surface area contributed by atoms with Crippen LogP contribution >= 0.6 is 0 Å². The van der Waals surface area contributed by atoms with E-state index in [0.717, 1.165) is 19.3 Å². The molecule has 6 heteroatoms. The highest BCUT2D eigenvalue weighted by atomic mass is 19.1. The third-order valence-electron chi connectivity index (χ3n) is 5.08. The van der Waals surface area contributed by atoms with Gasteiger partial charge in [0.25, 0.3) is 5.91 Å². The van der Waals surface area contributed by atoms with E-state index in [9.17, 15) is 14.3 Å². The first-order chi connectivity index (χ1) is 14.2. The lowest BCUT2D eigenvalue weighted by atomic mass is 9.90. The van der Waals surface area contributed by atoms with Crippen LogP contribution in [0, 0.1) is 11.2 Å². The Kier molecular flexibility index (Phi) is 8.93. The van der Waals surface area contributed by atoms with Gasteiger partial charge in [-0.3, -0.25) is 9.78 Å². The van der Waals surface area contributed by atoms with Gasteiger partial charge in [0.05, 0.1) is 17.4 Å². The molecule has 0 saturated carbocycles. The second-order valence-corrected chi connectivity index (χ2v) is 9.00. The molecule has 0 spiro atoms. The SMILES string of the molecule is CC(C)(C)CCCCNC(=O)c1cccnc1CC(O)C(N)Cc1ccccc1F. The largest absolute Gasteiger partial charge is 0.391 e. The van der Waals surface area contributed by atoms with Crippen molar-refractivity contribution in [3.8, 4) is 0 Å². The molecule has 1 aromatic carbocycles. The van der Waals surface area contributed by atoms with Gasteiger partial charge in [0, 0.05) is 25.2 Å². The molecule has 30 heavy (non-hydrogen) atoms. The number of hydrogen-bond donors (Lipinski definition) is 3. The van der Waals surface area contributed by atoms with Gasteiger partial charge in [-0.15, -0.1) is 0 Å². The molecule has 5 nitrogen and oxygen atoms in total. The summed E-state index contributed by atoms with van der Waals surface area (Å²) in [6.45, 7) is 7.21. The van der Waals surface area contributed by atoms with E-state index in [-0.39, 0.29) is 30.0 Å². The Balaban J connectivity index is 1.92. The molecule has 0 aliphatic carbocycles. The van der Waals surface area contributed by atoms with Crippen molar-refractivity contribution in [2.24, 2.45) is 11.1 Å². The van der Waals surface area contributed by atoms with Crippen LogP contribution in [0.2, 0.25) is 0 Å². The summed E-state index contributed by atoms with van der Waals surface area (Å²) in [6.07, 6.45) is 4.04. The summed E-state index contributed by atoms with van der Waals surface area (Å²) >= 11 is 0. The van der Waals surface area contributed by atoms with Crippen molar-refractivity contribution >= 4 is 5.91 Å². The highest BCUT2D eigenvalue weighted by Gasteiger charge is 2.21. The van der Waals surface area contributed by atoms with E-state index in [1.807, 2.05) is 0 Å². The fraction of sp³-hybridized carbons (Fsp3) is 0.500. The third kappa shape index (κ3) is 7.84. The number of benzene rings is 1. The summed E-state index contributed by atoms with van der Waals surface area (Å²) in [6, 6.07) is 9.10. The normalized spacial score (nSPS) is 13.7. The van der Waals surface area contributed by atoms with Crippen LogP contribution in [0.3, 0.4) is 0 Å². The lowest BCUT2D eigenvalue weighted by Crippen LogP contribution is -2.39. The predicted octanol–water partition coefficient (Wildman–Crippen LogP) is 3.64. The molecular weight excluding hydrogens is 381 g/mol. The minimum Gasteiger partial charge on any atom is -0.391 e. The molecule has 2 rings (SSSR count). The Hall–Kier alpha value is -2.31. The topological polar surface area (TPSA) is 88.2 Å². The monoisotopic (exact) mass is 415 g/mol. The maximum atomic E-state index is 13.8. The maximum absolute atomic E-state index is 13.8. The summed E-state index contributed by atoms with van der Waals surface area (Å²) in [7, 11) is 0. The number of halogens is 1. The minimum absolute atomic E-state index is 0.128. The van der Waals surface area contributed by atoms with Crippen LogP contribution in [0.4, 0.5) is 4.39 Å². The van der Waals surface area contributed by atoms with Gasteiger partial charge in [-0.05, 0) is 48.4 Å². The molecule has 0 fully saturated rings. The molecule has 2 aromatic rings. The minimum atomic E-state index is -0.946. The summed E-state index contributed by atoms with van der Waals surface area (Å²) in [5, 5.41) is 13.5. The number of nitrogens with zero attached hydrogens (tertiary/aromatic N) is 1. The molecule has 1 aromatic heterocycles. The molecule has 164 valence electrons. The van der Waals surface area contributed by atoms with E-state index in [4.69, 9.17) is 5.73 Å². The first-order valence-corrected chi connectivity index (χ1v) is 10.6. The van der Waals surface area contributed by atoms with Crippen molar-refractivity contribution < 1.29 is 14.3 Å². The Morgan fingerprint density at radius 3 is 2.60 bits per heavy atom. The number of nitrogens with two attached hydrogens (primary N) is 1. The number of aliphatic hydroxyl groups excluding tert-OH is 1. The quantitative estimate of drug-likeness (QED) is 0.517. The highest BCUT2D eigenvalue weighted by molar-refractivity contribution is 5.95. The number of unbranched alkanes of at least 4 members (excludes halogenated alkanes) is 1. The second-order valence-electron chi connectivity index (χ2n) is 9.00. The van der Waals surface area contributed by atoms with Crippen molar-refractivity contribution in [3.05, 3.63) is 65.2 Å². The number of rotatable bonds is 10. The van der Waals surface area contributed by atoms with Crippen LogP contribution in [0.25, 0.3) is 0 Å².